The molecule has 0 bridgehead atoms. The SMILES string of the molecule is O=[N+]([O-])c1c(NCCO)cc(NCc2ccccc2)c2nonc12. The molecule has 0 spiro atoms. The van der Waals surface area contributed by atoms with Gasteiger partial charge in [0.2, 0.25) is 5.52 Å². The van der Waals surface area contributed by atoms with Crippen LogP contribution in [0.5, 0.6) is 0 Å². The topological polar surface area (TPSA) is 126 Å². The Hall–Kier alpha value is -3.20. The van der Waals surface area contributed by atoms with Crippen molar-refractivity contribution in [2.45, 2.75) is 6.54 Å². The van der Waals surface area contributed by atoms with Crippen molar-refractivity contribution in [3.05, 3.63) is 52.1 Å². The van der Waals surface area contributed by atoms with Gasteiger partial charge in [0.05, 0.1) is 17.2 Å². The van der Waals surface area contributed by atoms with Crippen LogP contribution in [0.25, 0.3) is 11.0 Å². The normalized spacial score (nSPS) is 10.7. The van der Waals surface area contributed by atoms with Crippen molar-refractivity contribution in [1.29, 1.82) is 0 Å². The van der Waals surface area contributed by atoms with E-state index in [2.05, 4.69) is 25.6 Å². The van der Waals surface area contributed by atoms with Crippen LogP contribution in [-0.4, -0.2) is 33.5 Å². The monoisotopic (exact) mass is 329 g/mol. The number of hydrogen-bond donors (Lipinski definition) is 3. The third-order valence-corrected chi connectivity index (χ3v) is 3.45. The smallest absolute Gasteiger partial charge is 0.323 e. The summed E-state index contributed by atoms with van der Waals surface area (Å²) in [5.74, 6) is 0. The highest BCUT2D eigenvalue weighted by atomic mass is 16.6. The second kappa shape index (κ2) is 6.92. The van der Waals surface area contributed by atoms with Gasteiger partial charge in [-0.2, -0.15) is 0 Å². The van der Waals surface area contributed by atoms with E-state index >= 15 is 0 Å². The van der Waals surface area contributed by atoms with E-state index in [9.17, 15) is 10.1 Å². The fraction of sp³-hybridized carbons (Fsp3) is 0.200. The largest absolute Gasteiger partial charge is 0.395 e. The second-order valence-electron chi connectivity index (χ2n) is 5.03. The van der Waals surface area contributed by atoms with Gasteiger partial charge in [-0.1, -0.05) is 30.3 Å². The molecule has 9 nitrogen and oxygen atoms in total. The maximum absolute atomic E-state index is 11.4. The number of rotatable bonds is 7. The van der Waals surface area contributed by atoms with Gasteiger partial charge in [-0.15, -0.1) is 0 Å². The van der Waals surface area contributed by atoms with Gasteiger partial charge in [0.1, 0.15) is 5.69 Å². The molecule has 0 saturated heterocycles. The number of nitrogens with one attached hydrogen (secondary N) is 2. The van der Waals surface area contributed by atoms with Gasteiger partial charge in [0.25, 0.3) is 0 Å². The zero-order valence-electron chi connectivity index (χ0n) is 12.6. The van der Waals surface area contributed by atoms with Gasteiger partial charge >= 0.3 is 5.69 Å². The van der Waals surface area contributed by atoms with Crippen LogP contribution in [0.4, 0.5) is 17.1 Å². The number of aromatic nitrogens is 2. The van der Waals surface area contributed by atoms with Gasteiger partial charge in [-0.05, 0) is 21.9 Å². The first-order chi connectivity index (χ1) is 11.7. The summed E-state index contributed by atoms with van der Waals surface area (Å²) in [5, 5.41) is 33.7. The maximum atomic E-state index is 11.4. The van der Waals surface area contributed by atoms with Gasteiger partial charge in [0, 0.05) is 13.1 Å². The molecule has 0 aliphatic carbocycles. The summed E-state index contributed by atoms with van der Waals surface area (Å²) in [7, 11) is 0. The number of aliphatic hydroxyl groups excluding tert-OH is 1. The molecule has 0 unspecified atom stereocenters. The van der Waals surface area contributed by atoms with Crippen molar-refractivity contribution < 1.29 is 14.7 Å². The molecule has 9 heteroatoms. The zero-order chi connectivity index (χ0) is 16.9. The molecule has 0 saturated carbocycles. The summed E-state index contributed by atoms with van der Waals surface area (Å²) < 4.78 is 4.69. The van der Waals surface area contributed by atoms with Gasteiger partial charge in [0.15, 0.2) is 5.52 Å². The van der Waals surface area contributed by atoms with Crippen LogP contribution in [0.2, 0.25) is 0 Å². The third-order valence-electron chi connectivity index (χ3n) is 3.45. The van der Waals surface area contributed by atoms with E-state index in [-0.39, 0.29) is 35.6 Å². The Morgan fingerprint density at radius 1 is 1.12 bits per heavy atom. The molecule has 0 fully saturated rings. The minimum atomic E-state index is -0.548. The standard InChI is InChI=1S/C15H15N5O4/c21-7-6-16-12-8-11(17-9-10-4-2-1-3-5-10)13-14(19-24-18-13)15(12)20(22)23/h1-5,8,16-17,21H,6-7,9H2. The van der Waals surface area contributed by atoms with E-state index < -0.39 is 4.92 Å². The highest BCUT2D eigenvalue weighted by Crippen LogP contribution is 2.36. The quantitative estimate of drug-likeness (QED) is 0.444. The van der Waals surface area contributed by atoms with Crippen LogP contribution < -0.4 is 10.6 Å². The summed E-state index contributed by atoms with van der Waals surface area (Å²) in [5.41, 5.74) is 1.95. The van der Waals surface area contributed by atoms with Crippen molar-refractivity contribution in [2.75, 3.05) is 23.8 Å². The Kier molecular flexibility index (Phi) is 4.52. The molecule has 0 amide bonds. The zero-order valence-corrected chi connectivity index (χ0v) is 12.6. The number of hydrogen-bond acceptors (Lipinski definition) is 8. The molecule has 0 aliphatic rings. The molecular weight excluding hydrogens is 314 g/mol. The van der Waals surface area contributed by atoms with E-state index in [0.29, 0.717) is 12.2 Å². The molecule has 0 atom stereocenters. The number of anilines is 2. The lowest BCUT2D eigenvalue weighted by molar-refractivity contribution is -0.382. The van der Waals surface area contributed by atoms with E-state index in [1.165, 1.54) is 0 Å². The van der Waals surface area contributed by atoms with Crippen LogP contribution >= 0.6 is 0 Å². The first-order valence-electron chi connectivity index (χ1n) is 7.27. The summed E-state index contributed by atoms with van der Waals surface area (Å²) in [6, 6.07) is 11.3. The first kappa shape index (κ1) is 15.7. The van der Waals surface area contributed by atoms with Gasteiger partial charge in [-0.3, -0.25) is 10.1 Å². The van der Waals surface area contributed by atoms with Gasteiger partial charge in [-0.25, -0.2) is 4.63 Å². The van der Waals surface area contributed by atoms with E-state index in [4.69, 9.17) is 5.11 Å². The van der Waals surface area contributed by atoms with Crippen LogP contribution in [-0.2, 0) is 6.54 Å². The molecule has 24 heavy (non-hydrogen) atoms. The number of aliphatic hydroxyl groups is 1. The average molecular weight is 329 g/mol. The van der Waals surface area contributed by atoms with Crippen LogP contribution in [0.1, 0.15) is 5.56 Å². The van der Waals surface area contributed by atoms with Crippen LogP contribution in [0.3, 0.4) is 0 Å². The molecular formula is C15H15N5O4. The van der Waals surface area contributed by atoms with Crippen molar-refractivity contribution in [2.24, 2.45) is 0 Å². The number of nitro benzene ring substituents is 1. The molecule has 124 valence electrons. The van der Waals surface area contributed by atoms with E-state index in [1.807, 2.05) is 30.3 Å². The van der Waals surface area contributed by atoms with Crippen LogP contribution in [0.15, 0.2) is 41.0 Å². The van der Waals surface area contributed by atoms with Crippen molar-refractivity contribution in [3.63, 3.8) is 0 Å². The highest BCUT2D eigenvalue weighted by molar-refractivity contribution is 5.99. The predicted octanol–water partition coefficient (Wildman–Crippen LogP) is 2.15. The lowest BCUT2D eigenvalue weighted by Gasteiger charge is -2.10. The minimum absolute atomic E-state index is 0.0542. The molecule has 0 radical (unpaired) electrons. The third kappa shape index (κ3) is 3.10. The number of nitro groups is 1. The number of fused-ring (bicyclic) bond motifs is 1. The second-order valence-corrected chi connectivity index (χ2v) is 5.03. The molecule has 3 rings (SSSR count). The fourth-order valence-corrected chi connectivity index (χ4v) is 2.37. The number of nitrogens with zero attached hydrogens (tertiary/aromatic N) is 3. The summed E-state index contributed by atoms with van der Waals surface area (Å²) in [6.07, 6.45) is 0. The summed E-state index contributed by atoms with van der Waals surface area (Å²) >= 11 is 0. The highest BCUT2D eigenvalue weighted by Gasteiger charge is 2.25. The molecule has 3 aromatic rings. The first-order valence-corrected chi connectivity index (χ1v) is 7.27. The maximum Gasteiger partial charge on any atom is 0.323 e. The molecule has 0 aliphatic heterocycles. The minimum Gasteiger partial charge on any atom is -0.395 e. The van der Waals surface area contributed by atoms with Crippen molar-refractivity contribution >= 4 is 28.1 Å². The Morgan fingerprint density at radius 2 is 1.88 bits per heavy atom. The Morgan fingerprint density at radius 3 is 2.58 bits per heavy atom. The van der Waals surface area contributed by atoms with E-state index in [0.717, 1.165) is 5.56 Å². The average Bonchev–Trinajstić information content (AvgIpc) is 3.07. The Bertz CT molecular complexity index is 850. The Balaban J connectivity index is 1.99. The molecule has 1 heterocycles. The summed E-state index contributed by atoms with van der Waals surface area (Å²) in [6.45, 7) is 0.537. The number of benzene rings is 2. The van der Waals surface area contributed by atoms with Crippen LogP contribution in [0, 0.1) is 10.1 Å². The molecule has 3 N–H and O–H groups in total. The lowest BCUT2D eigenvalue weighted by atomic mass is 10.1. The Labute approximate surface area is 136 Å². The summed E-state index contributed by atoms with van der Waals surface area (Å²) in [4.78, 5) is 10.8. The molecule has 2 aromatic carbocycles. The van der Waals surface area contributed by atoms with E-state index in [1.54, 1.807) is 6.07 Å². The molecule has 1 aromatic heterocycles. The predicted molar refractivity (Wildman–Crippen MR) is 87.8 cm³/mol. The lowest BCUT2D eigenvalue weighted by Crippen LogP contribution is -2.09. The van der Waals surface area contributed by atoms with Crippen molar-refractivity contribution in [3.8, 4) is 0 Å². The van der Waals surface area contributed by atoms with Gasteiger partial charge < -0.3 is 15.7 Å². The fourth-order valence-electron chi connectivity index (χ4n) is 2.37. The van der Waals surface area contributed by atoms with Crippen molar-refractivity contribution in [1.82, 2.24) is 10.3 Å².